The maximum absolute atomic E-state index is 10.6. The van der Waals surface area contributed by atoms with Crippen molar-refractivity contribution in [1.82, 2.24) is 4.98 Å². The van der Waals surface area contributed by atoms with Gasteiger partial charge in [0.2, 0.25) is 0 Å². The summed E-state index contributed by atoms with van der Waals surface area (Å²) in [5, 5.41) is 10.6. The van der Waals surface area contributed by atoms with Gasteiger partial charge in [-0.2, -0.15) is 0 Å². The van der Waals surface area contributed by atoms with Crippen LogP contribution in [0.4, 0.5) is 0 Å². The number of aliphatic hydroxyl groups excluding tert-OH is 1. The summed E-state index contributed by atoms with van der Waals surface area (Å²) in [5.41, 5.74) is 4.31. The van der Waals surface area contributed by atoms with Crippen LogP contribution in [0, 0.1) is 5.92 Å². The van der Waals surface area contributed by atoms with Crippen LogP contribution in [-0.4, -0.2) is 10.1 Å². The van der Waals surface area contributed by atoms with Crippen LogP contribution in [0.5, 0.6) is 0 Å². The van der Waals surface area contributed by atoms with Gasteiger partial charge in [0.25, 0.3) is 0 Å². The Morgan fingerprint density at radius 1 is 1.20 bits per heavy atom. The van der Waals surface area contributed by atoms with Gasteiger partial charge in [0.05, 0.1) is 0 Å². The molecule has 1 aromatic heterocycles. The van der Waals surface area contributed by atoms with Crippen molar-refractivity contribution < 1.29 is 5.11 Å². The summed E-state index contributed by atoms with van der Waals surface area (Å²) in [7, 11) is 0. The number of aryl methyl sites for hydroxylation is 1. The highest BCUT2D eigenvalue weighted by atomic mass is 16.3. The molecular formula is C18H23NO. The molecule has 0 spiro atoms. The molecule has 0 aliphatic carbocycles. The Balaban J connectivity index is 2.30. The van der Waals surface area contributed by atoms with Gasteiger partial charge in [-0.3, -0.25) is 4.98 Å². The van der Waals surface area contributed by atoms with E-state index in [1.54, 1.807) is 6.20 Å². The molecule has 0 bridgehead atoms. The molecule has 0 radical (unpaired) electrons. The van der Waals surface area contributed by atoms with Gasteiger partial charge in [-0.15, -0.1) is 0 Å². The summed E-state index contributed by atoms with van der Waals surface area (Å²) in [6.45, 7) is 6.50. The van der Waals surface area contributed by atoms with Gasteiger partial charge in [0, 0.05) is 12.4 Å². The fourth-order valence-corrected chi connectivity index (χ4v) is 2.54. The standard InChI is InChI=1S/C18H23NO/c1-4-15-12-19-9-8-17(15)18(20)16-7-5-6-14(11-16)10-13(2)3/h5-9,11-13,18,20H,4,10H2,1-3H3. The minimum atomic E-state index is -0.569. The van der Waals surface area contributed by atoms with Crippen molar-refractivity contribution in [1.29, 1.82) is 0 Å². The molecule has 2 aromatic rings. The van der Waals surface area contributed by atoms with E-state index >= 15 is 0 Å². The molecule has 1 N–H and O–H groups in total. The second-order valence-electron chi connectivity index (χ2n) is 5.67. The van der Waals surface area contributed by atoms with E-state index in [-0.39, 0.29) is 0 Å². The van der Waals surface area contributed by atoms with Crippen molar-refractivity contribution in [2.24, 2.45) is 5.92 Å². The van der Waals surface area contributed by atoms with Crippen LogP contribution in [0.25, 0.3) is 0 Å². The smallest absolute Gasteiger partial charge is 0.104 e. The molecule has 1 aromatic carbocycles. The molecule has 0 aliphatic heterocycles. The van der Waals surface area contributed by atoms with E-state index in [1.165, 1.54) is 5.56 Å². The van der Waals surface area contributed by atoms with Crippen molar-refractivity contribution in [3.05, 3.63) is 65.0 Å². The van der Waals surface area contributed by atoms with Crippen molar-refractivity contribution >= 4 is 0 Å². The second-order valence-corrected chi connectivity index (χ2v) is 5.67. The van der Waals surface area contributed by atoms with Crippen LogP contribution < -0.4 is 0 Å². The number of hydrogen-bond donors (Lipinski definition) is 1. The van der Waals surface area contributed by atoms with Gasteiger partial charge in [-0.1, -0.05) is 45.0 Å². The number of aliphatic hydroxyl groups is 1. The van der Waals surface area contributed by atoms with E-state index in [0.29, 0.717) is 5.92 Å². The molecule has 2 rings (SSSR count). The maximum Gasteiger partial charge on any atom is 0.104 e. The van der Waals surface area contributed by atoms with Crippen LogP contribution in [0.3, 0.4) is 0 Å². The zero-order chi connectivity index (χ0) is 14.5. The lowest BCUT2D eigenvalue weighted by Crippen LogP contribution is -2.05. The van der Waals surface area contributed by atoms with Crippen LogP contribution in [0.1, 0.15) is 49.1 Å². The van der Waals surface area contributed by atoms with E-state index < -0.39 is 6.10 Å². The molecule has 0 amide bonds. The molecule has 0 saturated heterocycles. The maximum atomic E-state index is 10.6. The molecule has 106 valence electrons. The van der Waals surface area contributed by atoms with Gasteiger partial charge >= 0.3 is 0 Å². The minimum Gasteiger partial charge on any atom is -0.384 e. The molecule has 20 heavy (non-hydrogen) atoms. The molecular weight excluding hydrogens is 246 g/mol. The van der Waals surface area contributed by atoms with Crippen LogP contribution in [0.15, 0.2) is 42.7 Å². The molecule has 1 atom stereocenters. The second kappa shape index (κ2) is 6.67. The third-order valence-corrected chi connectivity index (χ3v) is 3.53. The highest BCUT2D eigenvalue weighted by molar-refractivity contribution is 5.36. The average Bonchev–Trinajstić information content (AvgIpc) is 2.46. The molecule has 1 unspecified atom stereocenters. The Bertz CT molecular complexity index is 563. The highest BCUT2D eigenvalue weighted by Gasteiger charge is 2.14. The van der Waals surface area contributed by atoms with Crippen molar-refractivity contribution in [2.45, 2.75) is 39.7 Å². The monoisotopic (exact) mass is 269 g/mol. The lowest BCUT2D eigenvalue weighted by molar-refractivity contribution is 0.219. The Labute approximate surface area is 121 Å². The number of nitrogens with zero attached hydrogens (tertiary/aromatic N) is 1. The minimum absolute atomic E-state index is 0.569. The summed E-state index contributed by atoms with van der Waals surface area (Å²) in [6.07, 6.45) is 4.94. The average molecular weight is 269 g/mol. The first-order valence-electron chi connectivity index (χ1n) is 7.31. The first-order chi connectivity index (χ1) is 9.61. The lowest BCUT2D eigenvalue weighted by Gasteiger charge is -2.16. The highest BCUT2D eigenvalue weighted by Crippen LogP contribution is 2.26. The summed E-state index contributed by atoms with van der Waals surface area (Å²) < 4.78 is 0. The molecule has 2 nitrogen and oxygen atoms in total. The van der Waals surface area contributed by atoms with Gasteiger partial charge in [0.15, 0.2) is 0 Å². The molecule has 2 heteroatoms. The van der Waals surface area contributed by atoms with E-state index in [2.05, 4.69) is 37.9 Å². The predicted molar refractivity (Wildman–Crippen MR) is 82.7 cm³/mol. The van der Waals surface area contributed by atoms with Crippen molar-refractivity contribution in [3.63, 3.8) is 0 Å². The first kappa shape index (κ1) is 14.7. The summed E-state index contributed by atoms with van der Waals surface area (Å²) in [4.78, 5) is 4.14. The topological polar surface area (TPSA) is 33.1 Å². The number of benzene rings is 1. The van der Waals surface area contributed by atoms with Crippen LogP contribution >= 0.6 is 0 Å². The predicted octanol–water partition coefficient (Wildman–Crippen LogP) is 3.92. The van der Waals surface area contributed by atoms with Gasteiger partial charge in [0.1, 0.15) is 6.10 Å². The number of hydrogen-bond acceptors (Lipinski definition) is 2. The largest absolute Gasteiger partial charge is 0.384 e. The Morgan fingerprint density at radius 3 is 2.70 bits per heavy atom. The molecule has 0 saturated carbocycles. The normalized spacial score (nSPS) is 12.7. The Kier molecular flexibility index (Phi) is 4.91. The van der Waals surface area contributed by atoms with Crippen LogP contribution in [0.2, 0.25) is 0 Å². The Morgan fingerprint density at radius 2 is 2.00 bits per heavy atom. The zero-order valence-electron chi connectivity index (χ0n) is 12.5. The third kappa shape index (κ3) is 3.45. The van der Waals surface area contributed by atoms with Crippen LogP contribution in [-0.2, 0) is 12.8 Å². The van der Waals surface area contributed by atoms with Crippen molar-refractivity contribution in [2.75, 3.05) is 0 Å². The summed E-state index contributed by atoms with van der Waals surface area (Å²) in [5.74, 6) is 0.620. The van der Waals surface area contributed by atoms with Gasteiger partial charge in [-0.25, -0.2) is 0 Å². The summed E-state index contributed by atoms with van der Waals surface area (Å²) >= 11 is 0. The third-order valence-electron chi connectivity index (χ3n) is 3.53. The summed E-state index contributed by atoms with van der Waals surface area (Å²) in [6, 6.07) is 10.2. The number of rotatable bonds is 5. The Hall–Kier alpha value is -1.67. The van der Waals surface area contributed by atoms with Gasteiger partial charge < -0.3 is 5.11 Å². The van der Waals surface area contributed by atoms with E-state index in [1.807, 2.05) is 24.4 Å². The fourth-order valence-electron chi connectivity index (χ4n) is 2.54. The number of aromatic nitrogens is 1. The SMILES string of the molecule is CCc1cnccc1C(O)c1cccc(CC(C)C)c1. The quantitative estimate of drug-likeness (QED) is 0.892. The van der Waals surface area contributed by atoms with Crippen molar-refractivity contribution in [3.8, 4) is 0 Å². The zero-order valence-corrected chi connectivity index (χ0v) is 12.5. The fraction of sp³-hybridized carbons (Fsp3) is 0.389. The van der Waals surface area contributed by atoms with E-state index in [0.717, 1.165) is 29.5 Å². The van der Waals surface area contributed by atoms with E-state index in [4.69, 9.17) is 0 Å². The molecule has 0 fully saturated rings. The first-order valence-corrected chi connectivity index (χ1v) is 7.31. The van der Waals surface area contributed by atoms with Gasteiger partial charge in [-0.05, 0) is 47.1 Å². The van der Waals surface area contributed by atoms with E-state index in [9.17, 15) is 5.11 Å². The molecule has 0 aliphatic rings. The molecule has 1 heterocycles. The lowest BCUT2D eigenvalue weighted by atomic mass is 9.94. The number of pyridine rings is 1.